The van der Waals surface area contributed by atoms with Gasteiger partial charge in [-0.2, -0.15) is 11.3 Å². The van der Waals surface area contributed by atoms with Crippen LogP contribution in [0, 0.1) is 13.0 Å². The number of aromatic nitrogens is 3. The third-order valence-electron chi connectivity index (χ3n) is 5.76. The fraction of sp³-hybridized carbons (Fsp3) is 0.0345. The quantitative estimate of drug-likeness (QED) is 0.187. The third-order valence-corrected chi connectivity index (χ3v) is 6.69. The van der Waals surface area contributed by atoms with Crippen LogP contribution in [-0.4, -0.2) is 14.5 Å². The molecule has 0 spiro atoms. The fourth-order valence-corrected chi connectivity index (χ4v) is 5.09. The molecular weight excluding hydrogens is 615 g/mol. The maximum absolute atomic E-state index is 4.75. The number of imidazole rings is 1. The second-order valence-electron chi connectivity index (χ2n) is 7.88. The first kappa shape index (κ1) is 22.4. The molecule has 2 aromatic heterocycles. The van der Waals surface area contributed by atoms with Gasteiger partial charge < -0.3 is 4.57 Å². The van der Waals surface area contributed by atoms with Gasteiger partial charge in [-0.15, -0.1) is 23.8 Å². The number of para-hydroxylation sites is 1. The maximum atomic E-state index is 4.75. The van der Waals surface area contributed by atoms with Gasteiger partial charge in [-0.25, -0.2) is 0 Å². The molecular formula is C29H20IrN3S-. The van der Waals surface area contributed by atoms with E-state index in [-0.39, 0.29) is 20.1 Å². The fourth-order valence-electron chi connectivity index (χ4n) is 4.30. The van der Waals surface area contributed by atoms with Gasteiger partial charge in [-0.3, -0.25) is 9.97 Å². The molecule has 0 unspecified atom stereocenters. The maximum Gasteiger partial charge on any atom is 0.0796 e. The zero-order valence-electron chi connectivity index (χ0n) is 18.4. The molecule has 0 saturated carbocycles. The summed E-state index contributed by atoms with van der Waals surface area (Å²) >= 11 is 1.69. The van der Waals surface area contributed by atoms with E-state index in [2.05, 4.69) is 88.4 Å². The second-order valence-corrected chi connectivity index (χ2v) is 9.12. The molecule has 5 heteroatoms. The van der Waals surface area contributed by atoms with Crippen molar-refractivity contribution in [2.45, 2.75) is 6.92 Å². The van der Waals surface area contributed by atoms with Crippen LogP contribution in [0.3, 0.4) is 0 Å². The van der Waals surface area contributed by atoms with Gasteiger partial charge in [0.15, 0.2) is 0 Å². The molecule has 0 saturated heterocycles. The molecule has 3 nitrogen and oxygen atoms in total. The molecule has 34 heavy (non-hydrogen) atoms. The minimum absolute atomic E-state index is 0. The van der Waals surface area contributed by atoms with Crippen LogP contribution >= 0.6 is 11.3 Å². The normalized spacial score (nSPS) is 10.9. The Morgan fingerprint density at radius 1 is 0.824 bits per heavy atom. The van der Waals surface area contributed by atoms with E-state index in [0.29, 0.717) is 0 Å². The molecule has 0 amide bonds. The molecule has 4 aromatic carbocycles. The Balaban J connectivity index is 0.00000241. The van der Waals surface area contributed by atoms with Gasteiger partial charge in [0, 0.05) is 43.6 Å². The van der Waals surface area contributed by atoms with E-state index in [9.17, 15) is 0 Å². The van der Waals surface area contributed by atoms with Crippen molar-refractivity contribution < 1.29 is 20.1 Å². The number of fused-ring (bicyclic) bond motifs is 1. The second kappa shape index (κ2) is 9.47. The van der Waals surface area contributed by atoms with Gasteiger partial charge in [0.05, 0.1) is 16.5 Å². The molecule has 0 fully saturated rings. The number of rotatable bonds is 4. The standard InChI is InChI=1S/C29H20N3S.Ir/c1-20-31-26-19-23(15-16-27(26)33-20)29-30-17-18-32(29)28-24(21-9-4-2-5-10-21)13-8-14-25(28)22-11-6-3-7-12-22;/h2-14,16-19H,1H3;/q-1;. The van der Waals surface area contributed by atoms with Crippen LogP contribution in [0.25, 0.3) is 49.5 Å². The van der Waals surface area contributed by atoms with E-state index >= 15 is 0 Å². The summed E-state index contributed by atoms with van der Waals surface area (Å²) in [5, 5.41) is 1.06. The van der Waals surface area contributed by atoms with Gasteiger partial charge in [-0.05, 0) is 28.3 Å². The molecule has 0 aliphatic carbocycles. The van der Waals surface area contributed by atoms with Crippen molar-refractivity contribution in [1.29, 1.82) is 0 Å². The first-order chi connectivity index (χ1) is 16.3. The van der Waals surface area contributed by atoms with Crippen LogP contribution in [0.15, 0.2) is 103 Å². The van der Waals surface area contributed by atoms with E-state index < -0.39 is 0 Å². The largest absolute Gasteiger partial charge is 0.339 e. The molecule has 0 aliphatic heterocycles. The van der Waals surface area contributed by atoms with Crippen LogP contribution in [-0.2, 0) is 20.1 Å². The molecule has 2 heterocycles. The predicted molar refractivity (Wildman–Crippen MR) is 137 cm³/mol. The van der Waals surface area contributed by atoms with E-state index in [4.69, 9.17) is 4.98 Å². The minimum Gasteiger partial charge on any atom is -0.339 e. The predicted octanol–water partition coefficient (Wildman–Crippen LogP) is 7.59. The summed E-state index contributed by atoms with van der Waals surface area (Å²) in [5.74, 6) is 0.850. The smallest absolute Gasteiger partial charge is 0.0796 e. The van der Waals surface area contributed by atoms with Crippen LogP contribution in [0.4, 0.5) is 0 Å². The molecule has 0 N–H and O–H groups in total. The summed E-state index contributed by atoms with van der Waals surface area (Å²) in [6.07, 6.45) is 3.89. The van der Waals surface area contributed by atoms with E-state index in [1.165, 1.54) is 11.1 Å². The van der Waals surface area contributed by atoms with Gasteiger partial charge >= 0.3 is 0 Å². The Labute approximate surface area is 216 Å². The van der Waals surface area contributed by atoms with Crippen molar-refractivity contribution in [3.8, 4) is 39.3 Å². The Hall–Kier alpha value is -3.37. The Morgan fingerprint density at radius 3 is 2.12 bits per heavy atom. The van der Waals surface area contributed by atoms with E-state index in [0.717, 1.165) is 43.4 Å². The monoisotopic (exact) mass is 635 g/mol. The van der Waals surface area contributed by atoms with Crippen molar-refractivity contribution in [3.05, 3.63) is 114 Å². The van der Waals surface area contributed by atoms with Crippen molar-refractivity contribution in [3.63, 3.8) is 0 Å². The van der Waals surface area contributed by atoms with Gasteiger partial charge in [0.1, 0.15) is 0 Å². The summed E-state index contributed by atoms with van der Waals surface area (Å²) in [5.41, 5.74) is 7.66. The molecule has 6 aromatic rings. The molecule has 167 valence electrons. The number of nitrogens with zero attached hydrogens (tertiary/aromatic N) is 3. The Bertz CT molecular complexity index is 1510. The van der Waals surface area contributed by atoms with Gasteiger partial charge in [0.25, 0.3) is 0 Å². The van der Waals surface area contributed by atoms with Crippen molar-refractivity contribution in [2.75, 3.05) is 0 Å². The van der Waals surface area contributed by atoms with Crippen LogP contribution in [0.1, 0.15) is 5.01 Å². The minimum atomic E-state index is 0. The number of aryl methyl sites for hydroxylation is 1. The van der Waals surface area contributed by atoms with Gasteiger partial charge in [0.2, 0.25) is 0 Å². The van der Waals surface area contributed by atoms with E-state index in [1.54, 1.807) is 11.3 Å². The molecule has 6 rings (SSSR count). The van der Waals surface area contributed by atoms with Crippen molar-refractivity contribution in [1.82, 2.24) is 14.5 Å². The molecule has 0 bridgehead atoms. The third kappa shape index (κ3) is 4.03. The van der Waals surface area contributed by atoms with Crippen LogP contribution < -0.4 is 0 Å². The Kier molecular flexibility index (Phi) is 6.25. The van der Waals surface area contributed by atoms with Gasteiger partial charge in [-0.1, -0.05) is 78.9 Å². The number of thiazole rings is 1. The average Bonchev–Trinajstić information content (AvgIpc) is 3.50. The number of hydrogen-bond donors (Lipinski definition) is 0. The first-order valence-electron chi connectivity index (χ1n) is 10.8. The van der Waals surface area contributed by atoms with Crippen molar-refractivity contribution in [2.24, 2.45) is 0 Å². The summed E-state index contributed by atoms with van der Waals surface area (Å²) in [6.45, 7) is 2.04. The summed E-state index contributed by atoms with van der Waals surface area (Å²) in [7, 11) is 0. The SMILES string of the molecule is Cc1nc2cc(-c3nccn3-c3c(-c4ccccc4)cccc3-c3ccccc3)[c-]cc2s1.[Ir]. The summed E-state index contributed by atoms with van der Waals surface area (Å²) in [4.78, 5) is 9.43. The molecule has 1 radical (unpaired) electrons. The number of hydrogen-bond acceptors (Lipinski definition) is 3. The summed E-state index contributed by atoms with van der Waals surface area (Å²) in [6, 6.07) is 35.1. The first-order valence-corrected chi connectivity index (χ1v) is 11.7. The summed E-state index contributed by atoms with van der Waals surface area (Å²) < 4.78 is 3.32. The zero-order valence-corrected chi connectivity index (χ0v) is 21.6. The topological polar surface area (TPSA) is 30.7 Å². The van der Waals surface area contributed by atoms with Crippen LogP contribution in [0.5, 0.6) is 0 Å². The van der Waals surface area contributed by atoms with Crippen LogP contribution in [0.2, 0.25) is 0 Å². The van der Waals surface area contributed by atoms with Crippen molar-refractivity contribution >= 4 is 21.6 Å². The molecule has 0 atom stereocenters. The molecule has 0 aliphatic rings. The number of benzene rings is 4. The van der Waals surface area contributed by atoms with E-state index in [1.807, 2.05) is 37.5 Å². The average molecular weight is 635 g/mol. The zero-order chi connectivity index (χ0) is 22.2. The Morgan fingerprint density at radius 2 is 1.47 bits per heavy atom.